The van der Waals surface area contributed by atoms with Crippen LogP contribution in [-0.2, 0) is 19.2 Å². The second-order valence-electron chi connectivity index (χ2n) is 17.0. The van der Waals surface area contributed by atoms with Crippen LogP contribution in [0.1, 0.15) is 238 Å². The predicted molar refractivity (Wildman–Crippen MR) is 251 cm³/mol. The maximum absolute atomic E-state index is 13.1. The van der Waals surface area contributed by atoms with E-state index in [0.717, 1.165) is 57.8 Å². The first-order chi connectivity index (χ1) is 30.2. The van der Waals surface area contributed by atoms with Crippen molar-refractivity contribution >= 4 is 30.0 Å². The summed E-state index contributed by atoms with van der Waals surface area (Å²) in [6.45, 7) is 7.91. The zero-order valence-electron chi connectivity index (χ0n) is 39.1. The fourth-order valence-electron chi connectivity index (χ4n) is 7.45. The minimum Gasteiger partial charge on any atom is -0.426 e. The smallest absolute Gasteiger partial charge is 0.311 e. The molecule has 348 valence electrons. The number of unbranched alkanes of at least 4 members (excludes halogenated alkanes) is 24. The van der Waals surface area contributed by atoms with Gasteiger partial charge in [0.15, 0.2) is 0 Å². The normalized spacial score (nSPS) is 11.8. The van der Waals surface area contributed by atoms with Gasteiger partial charge < -0.3 is 24.1 Å². The third kappa shape index (κ3) is 26.5. The molecule has 62 heavy (non-hydrogen) atoms. The van der Waals surface area contributed by atoms with E-state index in [1.807, 2.05) is 0 Å². The second-order valence-corrected chi connectivity index (χ2v) is 17.0. The Balaban J connectivity index is 2.08. The van der Waals surface area contributed by atoms with Gasteiger partial charge in [-0.15, -0.1) is 0 Å². The Labute approximate surface area is 375 Å². The number of rotatable bonds is 37. The molecule has 2 aromatic rings. The van der Waals surface area contributed by atoms with E-state index in [0.29, 0.717) is 18.4 Å². The summed E-state index contributed by atoms with van der Waals surface area (Å²) in [5, 5.41) is 11.3. The monoisotopic (exact) mass is 863 g/mol. The second kappa shape index (κ2) is 35.5. The van der Waals surface area contributed by atoms with Crippen molar-refractivity contribution in [1.29, 1.82) is 0 Å². The molecule has 0 heterocycles. The van der Waals surface area contributed by atoms with E-state index in [1.165, 1.54) is 134 Å². The molecule has 9 heteroatoms. The van der Waals surface area contributed by atoms with Gasteiger partial charge in [0.25, 0.3) is 0 Å². The number of carbonyl (C=O) groups is 4. The molecular weight excluding hydrogens is 781 g/mol. The molecule has 0 amide bonds. The van der Waals surface area contributed by atoms with Gasteiger partial charge in [-0.3, -0.25) is 19.2 Å². The van der Waals surface area contributed by atoms with Gasteiger partial charge in [-0.05, 0) is 43.5 Å². The number of esters is 4. The minimum absolute atomic E-state index is 0.0601. The Bertz CT molecular complexity index is 1560. The van der Waals surface area contributed by atoms with E-state index in [9.17, 15) is 24.3 Å². The maximum Gasteiger partial charge on any atom is 0.311 e. The van der Waals surface area contributed by atoms with Crippen LogP contribution in [0.5, 0.6) is 23.0 Å². The lowest BCUT2D eigenvalue weighted by Crippen LogP contribution is -2.10. The van der Waals surface area contributed by atoms with Gasteiger partial charge in [0.1, 0.15) is 29.1 Å². The van der Waals surface area contributed by atoms with Gasteiger partial charge >= 0.3 is 23.9 Å². The zero-order valence-corrected chi connectivity index (χ0v) is 39.1. The Morgan fingerprint density at radius 3 is 1.23 bits per heavy atom. The molecule has 1 N–H and O–H groups in total. The van der Waals surface area contributed by atoms with Crippen LogP contribution in [0.2, 0.25) is 0 Å². The van der Waals surface area contributed by atoms with Crippen molar-refractivity contribution in [3.8, 4) is 23.0 Å². The topological polar surface area (TPSA) is 125 Å². The van der Waals surface area contributed by atoms with Crippen LogP contribution < -0.4 is 18.9 Å². The van der Waals surface area contributed by atoms with Crippen LogP contribution >= 0.6 is 0 Å². The van der Waals surface area contributed by atoms with Crippen molar-refractivity contribution in [2.45, 2.75) is 226 Å². The number of ether oxygens (including phenoxy) is 4. The van der Waals surface area contributed by atoms with E-state index in [2.05, 4.69) is 20.8 Å². The SMILES string of the molecule is CCCCCCCCCCCC(=O)Oc1ccc(C=CC(O)c2ccc(OC(=O)CCCCCCCCCCC)cc2OC(C)=O)c(OC(=O)CCCCCCCCCCC)c1. The van der Waals surface area contributed by atoms with Gasteiger partial charge in [0.2, 0.25) is 0 Å². The highest BCUT2D eigenvalue weighted by atomic mass is 16.6. The van der Waals surface area contributed by atoms with Crippen molar-refractivity contribution in [2.75, 3.05) is 0 Å². The molecule has 0 aliphatic rings. The van der Waals surface area contributed by atoms with E-state index < -0.39 is 12.1 Å². The van der Waals surface area contributed by atoms with Crippen LogP contribution in [0.15, 0.2) is 42.5 Å². The van der Waals surface area contributed by atoms with Crippen LogP contribution in [0.3, 0.4) is 0 Å². The largest absolute Gasteiger partial charge is 0.426 e. The molecule has 0 aromatic heterocycles. The van der Waals surface area contributed by atoms with Gasteiger partial charge in [0.05, 0.1) is 0 Å². The van der Waals surface area contributed by atoms with Gasteiger partial charge in [-0.2, -0.15) is 0 Å². The lowest BCUT2D eigenvalue weighted by Gasteiger charge is -2.14. The first-order valence-corrected chi connectivity index (χ1v) is 24.6. The fourth-order valence-corrected chi connectivity index (χ4v) is 7.45. The number of aliphatic hydroxyl groups is 1. The van der Waals surface area contributed by atoms with Crippen LogP contribution in [-0.4, -0.2) is 29.0 Å². The van der Waals surface area contributed by atoms with Crippen LogP contribution in [0, 0.1) is 0 Å². The first-order valence-electron chi connectivity index (χ1n) is 24.6. The molecule has 0 spiro atoms. The summed E-state index contributed by atoms with van der Waals surface area (Å²) in [4.78, 5) is 50.5. The molecule has 0 saturated heterocycles. The Kier molecular flexibility index (Phi) is 31.0. The predicted octanol–water partition coefficient (Wildman–Crippen LogP) is 14.8. The maximum atomic E-state index is 13.1. The Hall–Kier alpha value is -3.98. The standard InChI is InChI=1S/C53H82O9/c1-5-8-11-14-17-20-23-26-29-32-51(56)60-45-37-35-44(49(41-45)62-53(58)34-31-28-25-22-19-16-13-10-7-3)36-40-48(55)47-39-38-46(42-50(47)59-43(4)54)61-52(57)33-30-27-24-21-18-15-12-9-6-2/h35-42,48,55H,5-34H2,1-4H3. The lowest BCUT2D eigenvalue weighted by atomic mass is 10.1. The number of aliphatic hydroxyl groups excluding tert-OH is 1. The van der Waals surface area contributed by atoms with Crippen LogP contribution in [0.4, 0.5) is 0 Å². The molecule has 0 aliphatic carbocycles. The number of hydrogen-bond acceptors (Lipinski definition) is 9. The zero-order chi connectivity index (χ0) is 45.0. The molecule has 0 bridgehead atoms. The van der Waals surface area contributed by atoms with Crippen molar-refractivity contribution in [3.05, 3.63) is 53.6 Å². The summed E-state index contributed by atoms with van der Waals surface area (Å²) in [7, 11) is 0. The summed E-state index contributed by atoms with van der Waals surface area (Å²) in [5.41, 5.74) is 0.764. The average molecular weight is 863 g/mol. The molecule has 0 saturated carbocycles. The van der Waals surface area contributed by atoms with E-state index in [4.69, 9.17) is 18.9 Å². The van der Waals surface area contributed by atoms with E-state index >= 15 is 0 Å². The van der Waals surface area contributed by atoms with Crippen molar-refractivity contribution in [1.82, 2.24) is 0 Å². The average Bonchev–Trinajstić information content (AvgIpc) is 3.24. The molecule has 0 fully saturated rings. The molecule has 1 atom stereocenters. The number of carbonyl (C=O) groups excluding carboxylic acids is 4. The molecule has 1 unspecified atom stereocenters. The molecule has 9 nitrogen and oxygen atoms in total. The lowest BCUT2D eigenvalue weighted by molar-refractivity contribution is -0.135. The fraction of sp³-hybridized carbons (Fsp3) is 0.660. The molecule has 2 aromatic carbocycles. The summed E-state index contributed by atoms with van der Waals surface area (Å²) >= 11 is 0. The third-order valence-electron chi connectivity index (χ3n) is 11.1. The highest BCUT2D eigenvalue weighted by molar-refractivity contribution is 5.76. The molecule has 0 aliphatic heterocycles. The minimum atomic E-state index is -1.24. The highest BCUT2D eigenvalue weighted by Gasteiger charge is 2.18. The number of hydrogen-bond donors (Lipinski definition) is 1. The quantitative estimate of drug-likeness (QED) is 0.0401. The summed E-state index contributed by atoms with van der Waals surface area (Å²) in [6, 6.07) is 9.40. The summed E-state index contributed by atoms with van der Waals surface area (Å²) in [5.74, 6) is -0.935. The highest BCUT2D eigenvalue weighted by Crippen LogP contribution is 2.33. The molecule has 2 rings (SSSR count). The number of benzene rings is 2. The molecule has 0 radical (unpaired) electrons. The van der Waals surface area contributed by atoms with E-state index in [-0.39, 0.29) is 59.3 Å². The summed E-state index contributed by atoms with van der Waals surface area (Å²) in [6.07, 6.45) is 33.5. The Morgan fingerprint density at radius 2 is 0.823 bits per heavy atom. The van der Waals surface area contributed by atoms with Gasteiger partial charge in [0, 0.05) is 49.4 Å². The third-order valence-corrected chi connectivity index (χ3v) is 11.1. The van der Waals surface area contributed by atoms with Gasteiger partial charge in [-0.1, -0.05) is 187 Å². The van der Waals surface area contributed by atoms with Crippen molar-refractivity contribution in [3.63, 3.8) is 0 Å². The first kappa shape index (κ1) is 54.2. The van der Waals surface area contributed by atoms with E-state index in [1.54, 1.807) is 30.3 Å². The summed E-state index contributed by atoms with van der Waals surface area (Å²) < 4.78 is 22.5. The van der Waals surface area contributed by atoms with Crippen LogP contribution in [0.25, 0.3) is 6.08 Å². The molecular formula is C53H82O9. The van der Waals surface area contributed by atoms with Crippen molar-refractivity contribution in [2.24, 2.45) is 0 Å². The van der Waals surface area contributed by atoms with Gasteiger partial charge in [-0.25, -0.2) is 0 Å². The Morgan fingerprint density at radius 1 is 0.468 bits per heavy atom. The van der Waals surface area contributed by atoms with Crippen molar-refractivity contribution < 1.29 is 43.2 Å².